The molecule has 5 nitrogen and oxygen atoms in total. The minimum atomic E-state index is -0.478. The number of carbonyl (C=O) groups excluding carboxylic acids is 2. The second-order valence-corrected chi connectivity index (χ2v) is 1.74. The minimum absolute atomic E-state index is 0. The third-order valence-electron chi connectivity index (χ3n) is 0.888. The van der Waals surface area contributed by atoms with Crippen LogP contribution in [0.3, 0.4) is 0 Å². The van der Waals surface area contributed by atoms with Crippen LogP contribution in [0, 0.1) is 0 Å². The normalized spacial score (nSPS) is 7.54. The third kappa shape index (κ3) is 12.9. The average molecular weight is 207 g/mol. The average Bonchev–Trinajstić information content (AvgIpc) is 2.04. The molecule has 0 aliphatic heterocycles. The van der Waals surface area contributed by atoms with Crippen LogP contribution in [0.1, 0.15) is 26.7 Å². The Bertz CT molecular complexity index is 138. The van der Waals surface area contributed by atoms with Gasteiger partial charge in [-0.15, -0.1) is 0 Å². The molecule has 66 valence electrons. The fourth-order valence-electron chi connectivity index (χ4n) is 0.258. The predicted molar refractivity (Wildman–Crippen MR) is 47.4 cm³/mol. The summed E-state index contributed by atoms with van der Waals surface area (Å²) in [6.45, 7) is 3.26. The minimum Gasteiger partial charge on any atom is -0.336 e. The molecule has 0 bridgehead atoms. The summed E-state index contributed by atoms with van der Waals surface area (Å²) in [4.78, 5) is 29.3. The van der Waals surface area contributed by atoms with E-state index in [0.29, 0.717) is 0 Å². The topological polar surface area (TPSA) is 64.6 Å². The maximum atomic E-state index is 10.4. The van der Waals surface area contributed by atoms with Gasteiger partial charge in [-0.1, -0.05) is 13.8 Å². The summed E-state index contributed by atoms with van der Waals surface area (Å²) in [5.74, 6) is -0.956. The van der Waals surface area contributed by atoms with Gasteiger partial charge in [0.1, 0.15) is 0 Å². The molecule has 0 aromatic heterocycles. The Morgan fingerprint density at radius 2 is 1.31 bits per heavy atom. The van der Waals surface area contributed by atoms with E-state index >= 15 is 0 Å². The van der Waals surface area contributed by atoms with Crippen molar-refractivity contribution in [2.24, 2.45) is 0 Å². The molecule has 0 spiro atoms. The van der Waals surface area contributed by atoms with Crippen molar-refractivity contribution in [3.8, 4) is 0 Å². The van der Waals surface area contributed by atoms with E-state index in [1.807, 2.05) is 0 Å². The van der Waals surface area contributed by atoms with Gasteiger partial charge in [0, 0.05) is 77.6 Å². The zero-order chi connectivity index (χ0) is 8.69. The van der Waals surface area contributed by atoms with Crippen LogP contribution in [0.2, 0.25) is 0 Å². The summed E-state index contributed by atoms with van der Waals surface area (Å²) >= 11 is 0. The number of hydrogen-bond donors (Lipinski definition) is 1. The Kier molecular flexibility index (Phi) is 19.3. The first-order valence-corrected chi connectivity index (χ1v) is 3.35. The first kappa shape index (κ1) is 19.5. The van der Waals surface area contributed by atoms with Gasteiger partial charge in [-0.2, -0.15) is 0 Å². The van der Waals surface area contributed by atoms with Gasteiger partial charge in [-0.3, -0.25) is 9.59 Å². The zero-order valence-corrected chi connectivity index (χ0v) is 12.5. The standard InChI is InChI=1S/C6H11NO4.2Na/c1-3-5(8)10-7-11-6(9)4-2;;/h7H,3-4H2,1-2H3;;. The number of carbonyl (C=O) groups is 2. The largest absolute Gasteiger partial charge is 0.336 e. The van der Waals surface area contributed by atoms with E-state index in [2.05, 4.69) is 9.68 Å². The van der Waals surface area contributed by atoms with E-state index < -0.39 is 11.9 Å². The van der Waals surface area contributed by atoms with Crippen LogP contribution >= 0.6 is 0 Å². The van der Waals surface area contributed by atoms with Crippen molar-refractivity contribution < 1.29 is 19.3 Å². The molecule has 0 atom stereocenters. The predicted octanol–water partition coefficient (Wildman–Crippen LogP) is -0.449. The quantitative estimate of drug-likeness (QED) is 0.499. The Balaban J connectivity index is -0.000000500. The molecule has 0 aliphatic rings. The molecular formula is C6H11NNa2O4. The summed E-state index contributed by atoms with van der Waals surface area (Å²) in [5, 5.41) is 0. The molecule has 0 saturated carbocycles. The van der Waals surface area contributed by atoms with Gasteiger partial charge < -0.3 is 9.68 Å². The van der Waals surface area contributed by atoms with E-state index in [-0.39, 0.29) is 72.0 Å². The molecule has 0 amide bonds. The molecule has 0 fully saturated rings. The molecular weight excluding hydrogens is 196 g/mol. The molecule has 0 saturated heterocycles. The Hall–Kier alpha value is 0.900. The van der Waals surface area contributed by atoms with Gasteiger partial charge in [0.2, 0.25) is 0 Å². The smallest absolute Gasteiger partial charge is 0.328 e. The zero-order valence-electron chi connectivity index (χ0n) is 8.55. The molecule has 2 radical (unpaired) electrons. The molecule has 0 aliphatic carbocycles. The van der Waals surface area contributed by atoms with Crippen molar-refractivity contribution >= 4 is 71.1 Å². The van der Waals surface area contributed by atoms with Gasteiger partial charge in [-0.25, -0.2) is 0 Å². The maximum Gasteiger partial charge on any atom is 0.328 e. The molecule has 7 heteroatoms. The third-order valence-corrected chi connectivity index (χ3v) is 0.888. The van der Waals surface area contributed by atoms with Gasteiger partial charge in [0.05, 0.1) is 0 Å². The molecule has 13 heavy (non-hydrogen) atoms. The summed E-state index contributed by atoms with van der Waals surface area (Å²) in [6, 6.07) is 0. The Labute approximate surface area is 121 Å². The molecule has 0 aromatic rings. The summed E-state index contributed by atoms with van der Waals surface area (Å²) in [6.07, 6.45) is 0.466. The van der Waals surface area contributed by atoms with Gasteiger partial charge in [-0.05, 0) is 0 Å². The number of hydrogen-bond acceptors (Lipinski definition) is 5. The molecule has 1 N–H and O–H groups in total. The fourth-order valence-corrected chi connectivity index (χ4v) is 0.258. The van der Waals surface area contributed by atoms with Crippen molar-refractivity contribution in [1.82, 2.24) is 5.64 Å². The van der Waals surface area contributed by atoms with E-state index in [0.717, 1.165) is 0 Å². The van der Waals surface area contributed by atoms with E-state index in [9.17, 15) is 9.59 Å². The molecule has 0 heterocycles. The summed E-state index contributed by atoms with van der Waals surface area (Å²) < 4.78 is 0. The first-order chi connectivity index (χ1) is 5.20. The van der Waals surface area contributed by atoms with Crippen LogP contribution in [0.4, 0.5) is 0 Å². The van der Waals surface area contributed by atoms with E-state index in [4.69, 9.17) is 0 Å². The second kappa shape index (κ2) is 12.9. The van der Waals surface area contributed by atoms with Crippen LogP contribution < -0.4 is 5.64 Å². The van der Waals surface area contributed by atoms with Crippen molar-refractivity contribution in [3.63, 3.8) is 0 Å². The second-order valence-electron chi connectivity index (χ2n) is 1.74. The van der Waals surface area contributed by atoms with Crippen molar-refractivity contribution in [1.29, 1.82) is 0 Å². The molecule has 0 unspecified atom stereocenters. The van der Waals surface area contributed by atoms with E-state index in [1.165, 1.54) is 0 Å². The van der Waals surface area contributed by atoms with Crippen LogP contribution in [-0.2, 0) is 19.3 Å². The molecule has 0 rings (SSSR count). The Morgan fingerprint density at radius 1 is 1.00 bits per heavy atom. The van der Waals surface area contributed by atoms with Crippen molar-refractivity contribution in [2.75, 3.05) is 0 Å². The van der Waals surface area contributed by atoms with Crippen LogP contribution in [-0.4, -0.2) is 71.1 Å². The van der Waals surface area contributed by atoms with Crippen molar-refractivity contribution in [3.05, 3.63) is 0 Å². The summed E-state index contributed by atoms with van der Waals surface area (Å²) in [7, 11) is 0. The maximum absolute atomic E-state index is 10.4. The van der Waals surface area contributed by atoms with Gasteiger partial charge in [0.25, 0.3) is 0 Å². The number of nitrogens with one attached hydrogen (secondary N) is 1. The van der Waals surface area contributed by atoms with Crippen LogP contribution in [0.25, 0.3) is 0 Å². The SMILES string of the molecule is CCC(=O)ONOC(=O)CC.[Na].[Na]. The molecule has 0 aromatic carbocycles. The van der Waals surface area contributed by atoms with Crippen molar-refractivity contribution in [2.45, 2.75) is 26.7 Å². The first-order valence-electron chi connectivity index (χ1n) is 3.35. The van der Waals surface area contributed by atoms with Crippen LogP contribution in [0.15, 0.2) is 0 Å². The summed E-state index contributed by atoms with van der Waals surface area (Å²) in [5.41, 5.74) is 1.79. The van der Waals surface area contributed by atoms with Gasteiger partial charge in [0.15, 0.2) is 0 Å². The van der Waals surface area contributed by atoms with Crippen LogP contribution in [0.5, 0.6) is 0 Å². The number of rotatable bonds is 4. The van der Waals surface area contributed by atoms with E-state index in [1.54, 1.807) is 19.5 Å². The van der Waals surface area contributed by atoms with Gasteiger partial charge >= 0.3 is 11.9 Å². The fraction of sp³-hybridized carbons (Fsp3) is 0.667. The monoisotopic (exact) mass is 207 g/mol. The Morgan fingerprint density at radius 3 is 1.54 bits per heavy atom.